The third kappa shape index (κ3) is 5.04. The summed E-state index contributed by atoms with van der Waals surface area (Å²) < 4.78 is 5.49. The fourth-order valence-corrected chi connectivity index (χ4v) is 2.12. The van der Waals surface area contributed by atoms with E-state index in [1.165, 1.54) is 0 Å². The Kier molecular flexibility index (Phi) is 6.58. The van der Waals surface area contributed by atoms with Crippen molar-refractivity contribution in [1.82, 2.24) is 10.2 Å². The molecule has 3 N–H and O–H groups in total. The van der Waals surface area contributed by atoms with Crippen LogP contribution in [-0.4, -0.2) is 65.6 Å². The number of carbonyl (C=O) groups is 2. The van der Waals surface area contributed by atoms with Crippen LogP contribution in [0.15, 0.2) is 0 Å². The predicted molar refractivity (Wildman–Crippen MR) is 67.9 cm³/mol. The maximum Gasteiger partial charge on any atom is 0.326 e. The van der Waals surface area contributed by atoms with Crippen LogP contribution >= 0.6 is 0 Å². The second-order valence-electron chi connectivity index (χ2n) is 4.52. The van der Waals surface area contributed by atoms with Crippen LogP contribution in [0.4, 0.5) is 4.79 Å². The third-order valence-corrected chi connectivity index (χ3v) is 3.08. The number of rotatable bonds is 6. The van der Waals surface area contributed by atoms with E-state index in [4.69, 9.17) is 14.9 Å². The van der Waals surface area contributed by atoms with E-state index in [0.717, 1.165) is 12.8 Å². The van der Waals surface area contributed by atoms with Crippen molar-refractivity contribution in [1.29, 1.82) is 0 Å². The van der Waals surface area contributed by atoms with Gasteiger partial charge >= 0.3 is 12.0 Å². The Morgan fingerprint density at radius 2 is 2.26 bits per heavy atom. The monoisotopic (exact) mass is 274 g/mol. The van der Waals surface area contributed by atoms with Gasteiger partial charge in [0.2, 0.25) is 0 Å². The molecule has 0 aliphatic carbocycles. The van der Waals surface area contributed by atoms with E-state index < -0.39 is 18.0 Å². The molecule has 2 amide bonds. The summed E-state index contributed by atoms with van der Waals surface area (Å²) in [5, 5.41) is 20.1. The molecular formula is C12H22N2O5. The molecule has 0 spiro atoms. The minimum Gasteiger partial charge on any atom is -0.480 e. The highest BCUT2D eigenvalue weighted by Gasteiger charge is 2.27. The summed E-state index contributed by atoms with van der Waals surface area (Å²) in [5.74, 6) is -1.14. The van der Waals surface area contributed by atoms with Crippen LogP contribution in [0.2, 0.25) is 0 Å². The Bertz CT molecular complexity index is 308. The first-order chi connectivity index (χ1) is 9.08. The molecule has 0 saturated carbocycles. The molecule has 0 radical (unpaired) electrons. The van der Waals surface area contributed by atoms with E-state index >= 15 is 0 Å². The normalized spacial score (nSPS) is 20.9. The van der Waals surface area contributed by atoms with Crippen LogP contribution in [-0.2, 0) is 9.53 Å². The van der Waals surface area contributed by atoms with E-state index in [9.17, 15) is 9.59 Å². The molecule has 0 aromatic carbocycles. The molecule has 0 bridgehead atoms. The first-order valence-corrected chi connectivity index (χ1v) is 6.59. The van der Waals surface area contributed by atoms with Crippen molar-refractivity contribution in [3.8, 4) is 0 Å². The van der Waals surface area contributed by atoms with Gasteiger partial charge in [0.1, 0.15) is 6.04 Å². The van der Waals surface area contributed by atoms with Crippen molar-refractivity contribution >= 4 is 12.0 Å². The SMILES string of the molecule is CCOC1CCCN(C(=O)N[C@@H](CCO)C(=O)O)C1. The zero-order chi connectivity index (χ0) is 14.3. The third-order valence-electron chi connectivity index (χ3n) is 3.08. The topological polar surface area (TPSA) is 99.1 Å². The lowest BCUT2D eigenvalue weighted by Crippen LogP contribution is -2.52. The maximum atomic E-state index is 12.0. The van der Waals surface area contributed by atoms with Gasteiger partial charge in [-0.2, -0.15) is 0 Å². The number of carboxylic acids is 1. The Labute approximate surface area is 112 Å². The number of likely N-dealkylation sites (tertiary alicyclic amines) is 1. The second-order valence-corrected chi connectivity index (χ2v) is 4.52. The highest BCUT2D eigenvalue weighted by molar-refractivity contribution is 5.82. The van der Waals surface area contributed by atoms with Gasteiger partial charge in [0, 0.05) is 32.7 Å². The number of hydrogen-bond donors (Lipinski definition) is 3. The molecule has 1 saturated heterocycles. The largest absolute Gasteiger partial charge is 0.480 e. The summed E-state index contributed by atoms with van der Waals surface area (Å²) in [5.41, 5.74) is 0. The Hall–Kier alpha value is -1.34. The minimum absolute atomic E-state index is 0.00377. The quantitative estimate of drug-likeness (QED) is 0.635. The molecule has 1 aliphatic heterocycles. The van der Waals surface area contributed by atoms with Crippen molar-refractivity contribution < 1.29 is 24.5 Å². The molecule has 110 valence electrons. The van der Waals surface area contributed by atoms with Gasteiger partial charge in [-0.3, -0.25) is 0 Å². The predicted octanol–water partition coefficient (Wildman–Crippen LogP) is 0.0325. The van der Waals surface area contributed by atoms with Gasteiger partial charge in [-0.05, 0) is 19.8 Å². The summed E-state index contributed by atoms with van der Waals surface area (Å²) in [6.45, 7) is 3.30. The van der Waals surface area contributed by atoms with E-state index in [2.05, 4.69) is 5.32 Å². The number of nitrogens with zero attached hydrogens (tertiary/aromatic N) is 1. The average molecular weight is 274 g/mol. The number of amides is 2. The standard InChI is InChI=1S/C12H22N2O5/c1-2-19-9-4-3-6-14(8-9)12(18)13-10(5-7-15)11(16)17/h9-10,15H,2-8H2,1H3,(H,13,18)(H,16,17)/t9?,10-/m0/s1. The Morgan fingerprint density at radius 3 is 2.84 bits per heavy atom. The summed E-state index contributed by atoms with van der Waals surface area (Å²) in [6, 6.07) is -1.46. The summed E-state index contributed by atoms with van der Waals surface area (Å²) >= 11 is 0. The van der Waals surface area contributed by atoms with E-state index in [0.29, 0.717) is 19.7 Å². The van der Waals surface area contributed by atoms with Gasteiger partial charge in [-0.1, -0.05) is 0 Å². The molecule has 0 aromatic heterocycles. The fraction of sp³-hybridized carbons (Fsp3) is 0.833. The van der Waals surface area contributed by atoms with E-state index in [1.807, 2.05) is 6.92 Å². The highest BCUT2D eigenvalue weighted by Crippen LogP contribution is 2.13. The summed E-state index contributed by atoms with van der Waals surface area (Å²) in [4.78, 5) is 24.4. The van der Waals surface area contributed by atoms with Crippen molar-refractivity contribution in [3.05, 3.63) is 0 Å². The smallest absolute Gasteiger partial charge is 0.326 e. The number of aliphatic hydroxyl groups excluding tert-OH is 1. The second kappa shape index (κ2) is 7.96. The molecule has 1 fully saturated rings. The number of carbonyl (C=O) groups excluding carboxylic acids is 1. The lowest BCUT2D eigenvalue weighted by Gasteiger charge is -2.33. The van der Waals surface area contributed by atoms with E-state index in [1.54, 1.807) is 4.90 Å². The van der Waals surface area contributed by atoms with E-state index in [-0.39, 0.29) is 19.1 Å². The fourth-order valence-electron chi connectivity index (χ4n) is 2.12. The Balaban J connectivity index is 2.49. The van der Waals surface area contributed by atoms with Gasteiger partial charge in [0.25, 0.3) is 0 Å². The Morgan fingerprint density at radius 1 is 1.53 bits per heavy atom. The number of piperidine rings is 1. The zero-order valence-corrected chi connectivity index (χ0v) is 11.2. The minimum atomic E-state index is -1.14. The lowest BCUT2D eigenvalue weighted by molar-refractivity contribution is -0.139. The number of urea groups is 1. The van der Waals surface area contributed by atoms with Crippen molar-refractivity contribution in [2.24, 2.45) is 0 Å². The first kappa shape index (κ1) is 15.7. The summed E-state index contributed by atoms with van der Waals surface area (Å²) in [7, 11) is 0. The van der Waals surface area contributed by atoms with Crippen LogP contribution in [0, 0.1) is 0 Å². The maximum absolute atomic E-state index is 12.0. The lowest BCUT2D eigenvalue weighted by atomic mass is 10.1. The molecule has 19 heavy (non-hydrogen) atoms. The number of nitrogens with one attached hydrogen (secondary N) is 1. The van der Waals surface area contributed by atoms with Gasteiger partial charge in [0.15, 0.2) is 0 Å². The molecule has 2 atom stereocenters. The average Bonchev–Trinajstić information content (AvgIpc) is 2.38. The van der Waals surface area contributed by atoms with Gasteiger partial charge in [-0.15, -0.1) is 0 Å². The van der Waals surface area contributed by atoms with Crippen molar-refractivity contribution in [3.63, 3.8) is 0 Å². The van der Waals surface area contributed by atoms with Crippen LogP contribution in [0.5, 0.6) is 0 Å². The van der Waals surface area contributed by atoms with Gasteiger partial charge < -0.3 is 25.2 Å². The highest BCUT2D eigenvalue weighted by atomic mass is 16.5. The molecule has 0 aromatic rings. The molecule has 1 aliphatic rings. The molecular weight excluding hydrogens is 252 g/mol. The molecule has 7 heteroatoms. The van der Waals surface area contributed by atoms with Crippen molar-refractivity contribution in [2.75, 3.05) is 26.3 Å². The van der Waals surface area contributed by atoms with Crippen molar-refractivity contribution in [2.45, 2.75) is 38.3 Å². The van der Waals surface area contributed by atoms with Gasteiger partial charge in [0.05, 0.1) is 6.10 Å². The van der Waals surface area contributed by atoms with Crippen LogP contribution < -0.4 is 5.32 Å². The number of aliphatic hydroxyl groups is 1. The molecule has 1 heterocycles. The molecule has 1 rings (SSSR count). The van der Waals surface area contributed by atoms with Crippen LogP contribution in [0.3, 0.4) is 0 Å². The number of ether oxygens (including phenoxy) is 1. The summed E-state index contributed by atoms with van der Waals surface area (Å²) in [6.07, 6.45) is 1.78. The number of aliphatic carboxylic acids is 1. The molecule has 1 unspecified atom stereocenters. The van der Waals surface area contributed by atoms with Gasteiger partial charge in [-0.25, -0.2) is 9.59 Å². The van der Waals surface area contributed by atoms with Crippen LogP contribution in [0.1, 0.15) is 26.2 Å². The molecule has 7 nitrogen and oxygen atoms in total. The number of hydrogen-bond acceptors (Lipinski definition) is 4. The first-order valence-electron chi connectivity index (χ1n) is 6.59. The zero-order valence-electron chi connectivity index (χ0n) is 11.2. The number of carboxylic acid groups (broad SMARTS) is 1. The van der Waals surface area contributed by atoms with Crippen LogP contribution in [0.25, 0.3) is 0 Å².